The van der Waals surface area contributed by atoms with E-state index in [0.717, 1.165) is 61.4 Å². The topological polar surface area (TPSA) is 83.5 Å². The summed E-state index contributed by atoms with van der Waals surface area (Å²) in [6.07, 6.45) is 1.74. The Balaban J connectivity index is 1.46. The highest BCUT2D eigenvalue weighted by Gasteiger charge is 2.41. The first-order chi connectivity index (χ1) is 16.6. The molecule has 3 aliphatic rings. The molecule has 1 fully saturated rings. The Morgan fingerprint density at radius 2 is 2.00 bits per heavy atom. The number of benzene rings is 1. The van der Waals surface area contributed by atoms with E-state index < -0.39 is 5.97 Å². The van der Waals surface area contributed by atoms with E-state index in [4.69, 9.17) is 14.5 Å². The molecule has 1 saturated heterocycles. The Labute approximate surface area is 205 Å². The molecule has 34 heavy (non-hydrogen) atoms. The predicted molar refractivity (Wildman–Crippen MR) is 133 cm³/mol. The average molecular weight is 485 g/mol. The number of ether oxygens (including phenoxy) is 2. The number of carbonyl (C=O) groups is 2. The fraction of sp³-hybridized carbons (Fsp3) is 0.480. The lowest BCUT2D eigenvalue weighted by Gasteiger charge is -2.36. The van der Waals surface area contributed by atoms with Gasteiger partial charge in [-0.15, -0.1) is 0 Å². The number of aliphatic imine (C=N–C) groups is 1. The van der Waals surface area contributed by atoms with Crippen molar-refractivity contribution < 1.29 is 19.1 Å². The van der Waals surface area contributed by atoms with Crippen molar-refractivity contribution in [3.05, 3.63) is 58.3 Å². The molecule has 4 rings (SSSR count). The third-order valence-corrected chi connectivity index (χ3v) is 7.05. The molecule has 0 aromatic heterocycles. The zero-order chi connectivity index (χ0) is 23.9. The second-order valence-electron chi connectivity index (χ2n) is 8.34. The summed E-state index contributed by atoms with van der Waals surface area (Å²) in [7, 11) is 1.39. The van der Waals surface area contributed by atoms with Crippen LogP contribution in [-0.4, -0.2) is 73.3 Å². The lowest BCUT2D eigenvalue weighted by Crippen LogP contribution is -2.39. The van der Waals surface area contributed by atoms with Gasteiger partial charge < -0.3 is 19.7 Å². The third-order valence-electron chi connectivity index (χ3n) is 6.16. The number of carbonyl (C=O) groups excluding carboxylic acids is 2. The average Bonchev–Trinajstić information content (AvgIpc) is 3.28. The maximum Gasteiger partial charge on any atom is 0.338 e. The number of esters is 1. The van der Waals surface area contributed by atoms with E-state index in [1.807, 2.05) is 47.6 Å². The zero-order valence-corrected chi connectivity index (χ0v) is 20.6. The van der Waals surface area contributed by atoms with Crippen LogP contribution < -0.4 is 5.32 Å². The van der Waals surface area contributed by atoms with Gasteiger partial charge in [0.1, 0.15) is 0 Å². The molecule has 0 unspecified atom stereocenters. The normalized spacial score (nSPS) is 20.5. The van der Waals surface area contributed by atoms with Crippen molar-refractivity contribution in [2.75, 3.05) is 46.5 Å². The Morgan fingerprint density at radius 1 is 1.24 bits per heavy atom. The highest BCUT2D eigenvalue weighted by molar-refractivity contribution is 8.16. The molecule has 0 radical (unpaired) electrons. The van der Waals surface area contributed by atoms with Gasteiger partial charge in [0, 0.05) is 25.3 Å². The molecule has 9 heteroatoms. The van der Waals surface area contributed by atoms with E-state index in [9.17, 15) is 9.59 Å². The minimum Gasteiger partial charge on any atom is -0.466 e. The summed E-state index contributed by atoms with van der Waals surface area (Å²) in [5.74, 6) is -0.427. The van der Waals surface area contributed by atoms with Crippen molar-refractivity contribution in [2.45, 2.75) is 32.2 Å². The second kappa shape index (κ2) is 11.7. The Morgan fingerprint density at radius 3 is 2.71 bits per heavy atom. The second-order valence-corrected chi connectivity index (χ2v) is 9.18. The molecule has 3 aliphatic heterocycles. The molecular formula is C25H32N4O4S. The number of nitrogens with one attached hydrogen (secondary N) is 1. The highest BCUT2D eigenvalue weighted by Crippen LogP contribution is 2.45. The minimum atomic E-state index is -0.391. The van der Waals surface area contributed by atoms with Crippen molar-refractivity contribution in [2.24, 2.45) is 4.99 Å². The van der Waals surface area contributed by atoms with Crippen molar-refractivity contribution in [3.63, 3.8) is 0 Å². The minimum absolute atomic E-state index is 0.0354. The summed E-state index contributed by atoms with van der Waals surface area (Å²) in [5.41, 5.74) is 3.04. The van der Waals surface area contributed by atoms with Crippen LogP contribution in [-0.2, 0) is 19.1 Å². The van der Waals surface area contributed by atoms with E-state index >= 15 is 0 Å². The van der Waals surface area contributed by atoms with Crippen LogP contribution in [0, 0.1) is 0 Å². The van der Waals surface area contributed by atoms with Gasteiger partial charge in [0.25, 0.3) is 0 Å². The highest BCUT2D eigenvalue weighted by atomic mass is 32.2. The summed E-state index contributed by atoms with van der Waals surface area (Å²) >= 11 is 1.49. The monoisotopic (exact) mass is 484 g/mol. The van der Waals surface area contributed by atoms with Crippen LogP contribution in [0.2, 0.25) is 0 Å². The molecule has 0 aliphatic carbocycles. The number of nitrogens with zero attached hydrogens (tertiary/aromatic N) is 3. The van der Waals surface area contributed by atoms with Gasteiger partial charge in [0.15, 0.2) is 5.17 Å². The summed E-state index contributed by atoms with van der Waals surface area (Å²) in [5, 5.41) is 5.80. The molecule has 1 aromatic rings. The van der Waals surface area contributed by atoms with Gasteiger partial charge in [0.2, 0.25) is 5.91 Å². The first kappa shape index (κ1) is 24.5. The lowest BCUT2D eigenvalue weighted by molar-refractivity contribution is -0.136. The van der Waals surface area contributed by atoms with E-state index in [2.05, 4.69) is 10.2 Å². The molecule has 1 aromatic carbocycles. The van der Waals surface area contributed by atoms with Crippen LogP contribution in [0.3, 0.4) is 0 Å². The molecule has 0 spiro atoms. The predicted octanol–water partition coefficient (Wildman–Crippen LogP) is 3.05. The third kappa shape index (κ3) is 5.54. The van der Waals surface area contributed by atoms with Crippen LogP contribution in [0.4, 0.5) is 0 Å². The molecular weight excluding hydrogens is 452 g/mol. The Hall–Kier alpha value is -2.62. The number of hydrogen-bond donors (Lipinski definition) is 1. The quantitative estimate of drug-likeness (QED) is 0.426. The fourth-order valence-corrected chi connectivity index (χ4v) is 5.38. The maximum absolute atomic E-state index is 12.8. The Kier molecular flexibility index (Phi) is 8.42. The number of morpholine rings is 1. The van der Waals surface area contributed by atoms with Gasteiger partial charge in [-0.25, -0.2) is 9.79 Å². The van der Waals surface area contributed by atoms with Crippen LogP contribution >= 0.6 is 11.8 Å². The van der Waals surface area contributed by atoms with Crippen LogP contribution in [0.5, 0.6) is 0 Å². The number of methoxy groups -OCH3 is 1. The smallest absolute Gasteiger partial charge is 0.338 e. The van der Waals surface area contributed by atoms with Crippen molar-refractivity contribution in [1.82, 2.24) is 15.1 Å². The number of rotatable bonds is 9. The first-order valence-corrected chi connectivity index (χ1v) is 12.7. The summed E-state index contributed by atoms with van der Waals surface area (Å²) in [6.45, 7) is 7.03. The van der Waals surface area contributed by atoms with Gasteiger partial charge in [-0.05, 0) is 30.4 Å². The van der Waals surface area contributed by atoms with E-state index in [1.165, 1.54) is 18.9 Å². The largest absolute Gasteiger partial charge is 0.466 e. The number of thioether (sulfide) groups is 1. The van der Waals surface area contributed by atoms with E-state index in [-0.39, 0.29) is 18.4 Å². The summed E-state index contributed by atoms with van der Waals surface area (Å²) in [6, 6.07) is 9.46. The molecule has 1 atom stereocenters. The van der Waals surface area contributed by atoms with Crippen LogP contribution in [0.15, 0.2) is 57.7 Å². The molecule has 0 saturated carbocycles. The zero-order valence-electron chi connectivity index (χ0n) is 19.8. The number of allylic oxidation sites excluding steroid dienone is 1. The lowest BCUT2D eigenvalue weighted by atomic mass is 9.93. The van der Waals surface area contributed by atoms with Gasteiger partial charge in [-0.2, -0.15) is 0 Å². The van der Waals surface area contributed by atoms with Gasteiger partial charge >= 0.3 is 5.97 Å². The van der Waals surface area contributed by atoms with Crippen LogP contribution in [0.25, 0.3) is 0 Å². The molecule has 3 heterocycles. The summed E-state index contributed by atoms with van der Waals surface area (Å²) in [4.78, 5) is 34.8. The van der Waals surface area contributed by atoms with Gasteiger partial charge in [-0.3, -0.25) is 9.69 Å². The Bertz CT molecular complexity index is 986. The molecule has 1 amide bonds. The number of hydrogen-bond acceptors (Lipinski definition) is 8. The van der Waals surface area contributed by atoms with E-state index in [1.54, 1.807) is 0 Å². The number of fused-ring (bicyclic) bond motifs is 1. The van der Waals surface area contributed by atoms with Crippen molar-refractivity contribution in [3.8, 4) is 0 Å². The van der Waals surface area contributed by atoms with Gasteiger partial charge in [-0.1, -0.05) is 49.0 Å². The summed E-state index contributed by atoms with van der Waals surface area (Å²) < 4.78 is 10.5. The van der Waals surface area contributed by atoms with Crippen molar-refractivity contribution in [1.29, 1.82) is 0 Å². The van der Waals surface area contributed by atoms with Crippen molar-refractivity contribution >= 4 is 28.8 Å². The SMILES string of the molecule is CCC1=C(C(=O)OC)[C@H](c2ccccc2)N2C(CC(=O)NCCCN3CCOCC3)=CSC2=N1. The first-order valence-electron chi connectivity index (χ1n) is 11.8. The van der Waals surface area contributed by atoms with E-state index in [0.29, 0.717) is 18.5 Å². The number of amides is 1. The molecule has 0 bridgehead atoms. The standard InChI is InChI=1S/C25H32N4O4S/c1-3-20-22(24(31)32-2)23(18-8-5-4-6-9-18)29-19(17-34-25(29)27-20)16-21(30)26-10-7-11-28-12-14-33-15-13-28/h4-6,8-9,17,23H,3,7,10-16H2,1-2H3,(H,26,30)/t23-/m0/s1. The van der Waals surface area contributed by atoms with Gasteiger partial charge in [0.05, 0.1) is 44.1 Å². The van der Waals surface area contributed by atoms with Crippen LogP contribution in [0.1, 0.15) is 37.8 Å². The molecule has 182 valence electrons. The maximum atomic E-state index is 12.8. The molecule has 8 nitrogen and oxygen atoms in total. The molecule has 1 N–H and O–H groups in total. The number of amidine groups is 1. The fourth-order valence-electron chi connectivity index (χ4n) is 4.45.